The van der Waals surface area contributed by atoms with Gasteiger partial charge in [-0.15, -0.1) is 0 Å². The lowest BCUT2D eigenvalue weighted by Crippen LogP contribution is -2.35. The summed E-state index contributed by atoms with van der Waals surface area (Å²) in [5, 5.41) is 1.20. The molecule has 2 aromatic carbocycles. The number of ketones is 1. The topological polar surface area (TPSA) is 66.5 Å². The Morgan fingerprint density at radius 1 is 0.958 bits per heavy atom. The van der Waals surface area contributed by atoms with Gasteiger partial charge in [-0.3, -0.25) is 19.8 Å². The van der Waals surface area contributed by atoms with Gasteiger partial charge in [-0.05, 0) is 24.6 Å². The maximum absolute atomic E-state index is 12.5. The van der Waals surface area contributed by atoms with E-state index in [1.807, 2.05) is 12.1 Å². The van der Waals surface area contributed by atoms with Gasteiger partial charge in [0.05, 0.1) is 5.69 Å². The highest BCUT2D eigenvalue weighted by atomic mass is 16.2. The second kappa shape index (κ2) is 6.50. The van der Waals surface area contributed by atoms with E-state index < -0.39 is 11.8 Å². The molecule has 2 amide bonds. The van der Waals surface area contributed by atoms with E-state index in [0.29, 0.717) is 16.8 Å². The van der Waals surface area contributed by atoms with Gasteiger partial charge in [0.2, 0.25) is 0 Å². The van der Waals surface area contributed by atoms with E-state index in [1.54, 1.807) is 55.5 Å². The summed E-state index contributed by atoms with van der Waals surface area (Å²) in [5.41, 5.74) is 4.17. The standard InChI is InChI=1S/C19H16N2O3/c1-13(12-16(22)14-8-4-2-5-9-14)17-18(23)20-21(19(17)24)15-10-6-3-7-11-15/h2-11H,12H2,1H3,(H,20,23). The minimum Gasteiger partial charge on any atom is -0.294 e. The third kappa shape index (κ3) is 2.96. The Morgan fingerprint density at radius 3 is 2.17 bits per heavy atom. The first-order valence-electron chi connectivity index (χ1n) is 7.56. The zero-order chi connectivity index (χ0) is 17.1. The first-order chi connectivity index (χ1) is 11.6. The van der Waals surface area contributed by atoms with Crippen molar-refractivity contribution in [1.29, 1.82) is 0 Å². The van der Waals surface area contributed by atoms with Crippen LogP contribution in [0, 0.1) is 0 Å². The number of nitrogens with one attached hydrogen (secondary N) is 1. The highest BCUT2D eigenvalue weighted by molar-refractivity contribution is 6.30. The van der Waals surface area contributed by atoms with Gasteiger partial charge < -0.3 is 0 Å². The molecule has 1 aliphatic rings. The third-order valence-electron chi connectivity index (χ3n) is 3.82. The van der Waals surface area contributed by atoms with Crippen LogP contribution in [0.1, 0.15) is 23.7 Å². The van der Waals surface area contributed by atoms with E-state index in [-0.39, 0.29) is 17.8 Å². The number of hydrogen-bond acceptors (Lipinski definition) is 3. The van der Waals surface area contributed by atoms with Gasteiger partial charge >= 0.3 is 0 Å². The molecule has 0 atom stereocenters. The number of carbonyl (C=O) groups is 3. The number of hydrazine groups is 1. The molecule has 3 rings (SSSR count). The fourth-order valence-corrected chi connectivity index (χ4v) is 2.61. The fourth-order valence-electron chi connectivity index (χ4n) is 2.61. The summed E-state index contributed by atoms with van der Waals surface area (Å²) in [6, 6.07) is 17.7. The van der Waals surface area contributed by atoms with Gasteiger partial charge in [0.1, 0.15) is 5.57 Å². The summed E-state index contributed by atoms with van der Waals surface area (Å²) in [5.74, 6) is -1.05. The fraction of sp³-hybridized carbons (Fsp3) is 0.105. The SMILES string of the molecule is CC(CC(=O)c1ccccc1)=C1C(=O)NN(c2ccccc2)C1=O. The quantitative estimate of drug-likeness (QED) is 0.535. The molecule has 0 unspecified atom stereocenters. The first-order valence-corrected chi connectivity index (χ1v) is 7.56. The molecular formula is C19H16N2O3. The second-order valence-corrected chi connectivity index (χ2v) is 5.54. The van der Waals surface area contributed by atoms with Crippen molar-refractivity contribution in [2.45, 2.75) is 13.3 Å². The highest BCUT2D eigenvalue weighted by Crippen LogP contribution is 2.23. The highest BCUT2D eigenvalue weighted by Gasteiger charge is 2.36. The van der Waals surface area contributed by atoms with Crippen LogP contribution < -0.4 is 10.4 Å². The van der Waals surface area contributed by atoms with Crippen LogP contribution in [-0.4, -0.2) is 17.6 Å². The van der Waals surface area contributed by atoms with E-state index in [4.69, 9.17) is 0 Å². The van der Waals surface area contributed by atoms with E-state index in [2.05, 4.69) is 5.43 Å². The van der Waals surface area contributed by atoms with Crippen LogP contribution in [0.5, 0.6) is 0 Å². The Bertz CT molecular complexity index is 826. The molecule has 24 heavy (non-hydrogen) atoms. The number of rotatable bonds is 4. The Labute approximate surface area is 139 Å². The van der Waals surface area contributed by atoms with Crippen LogP contribution >= 0.6 is 0 Å². The summed E-state index contributed by atoms with van der Waals surface area (Å²) in [4.78, 5) is 37.0. The number of allylic oxidation sites excluding steroid dienone is 1. The summed E-state index contributed by atoms with van der Waals surface area (Å²) in [6.45, 7) is 1.64. The van der Waals surface area contributed by atoms with Crippen molar-refractivity contribution in [3.8, 4) is 0 Å². The van der Waals surface area contributed by atoms with Gasteiger partial charge in [-0.25, -0.2) is 5.01 Å². The van der Waals surface area contributed by atoms with Crippen LogP contribution in [0.2, 0.25) is 0 Å². The normalized spacial score (nSPS) is 16.1. The van der Waals surface area contributed by atoms with Gasteiger partial charge in [-0.1, -0.05) is 48.5 Å². The molecule has 0 aliphatic carbocycles. The molecule has 5 nitrogen and oxygen atoms in total. The Hall–Kier alpha value is -3.21. The number of benzene rings is 2. The first kappa shape index (κ1) is 15.7. The lowest BCUT2D eigenvalue weighted by molar-refractivity contribution is -0.117. The number of para-hydroxylation sites is 1. The molecule has 5 heteroatoms. The van der Waals surface area contributed by atoms with Crippen molar-refractivity contribution in [3.63, 3.8) is 0 Å². The Balaban J connectivity index is 1.85. The molecular weight excluding hydrogens is 304 g/mol. The summed E-state index contributed by atoms with van der Waals surface area (Å²) >= 11 is 0. The molecule has 0 saturated carbocycles. The smallest absolute Gasteiger partial charge is 0.282 e. The van der Waals surface area contributed by atoms with Crippen LogP contribution in [-0.2, 0) is 9.59 Å². The van der Waals surface area contributed by atoms with Gasteiger partial charge in [-0.2, -0.15) is 0 Å². The monoisotopic (exact) mass is 320 g/mol. The van der Waals surface area contributed by atoms with Crippen LogP contribution in [0.4, 0.5) is 5.69 Å². The number of amides is 2. The van der Waals surface area contributed by atoms with Crippen molar-refractivity contribution in [3.05, 3.63) is 77.4 Å². The maximum Gasteiger partial charge on any atom is 0.282 e. The number of Topliss-reactive ketones (excluding diaryl/α,β-unsaturated/α-hetero) is 1. The molecule has 0 spiro atoms. The zero-order valence-corrected chi connectivity index (χ0v) is 13.2. The molecule has 0 radical (unpaired) electrons. The Kier molecular flexibility index (Phi) is 4.24. The molecule has 1 saturated heterocycles. The van der Waals surface area contributed by atoms with Crippen molar-refractivity contribution in [1.82, 2.24) is 5.43 Å². The average Bonchev–Trinajstić information content (AvgIpc) is 2.91. The third-order valence-corrected chi connectivity index (χ3v) is 3.82. The van der Waals surface area contributed by atoms with Crippen LogP contribution in [0.3, 0.4) is 0 Å². The molecule has 1 fully saturated rings. The predicted molar refractivity (Wildman–Crippen MR) is 90.2 cm³/mol. The number of hydrogen-bond donors (Lipinski definition) is 1. The van der Waals surface area contributed by atoms with Gasteiger partial charge in [0.15, 0.2) is 5.78 Å². The van der Waals surface area contributed by atoms with Crippen molar-refractivity contribution < 1.29 is 14.4 Å². The zero-order valence-electron chi connectivity index (χ0n) is 13.2. The van der Waals surface area contributed by atoms with Crippen molar-refractivity contribution in [2.75, 3.05) is 5.01 Å². The molecule has 0 bridgehead atoms. The number of carbonyl (C=O) groups excluding carboxylic acids is 3. The van der Waals surface area contributed by atoms with Crippen LogP contribution in [0.15, 0.2) is 71.8 Å². The minimum atomic E-state index is -0.484. The van der Waals surface area contributed by atoms with E-state index in [1.165, 1.54) is 5.01 Å². The summed E-state index contributed by atoms with van der Waals surface area (Å²) < 4.78 is 0. The molecule has 1 heterocycles. The predicted octanol–water partition coefficient (Wildman–Crippen LogP) is 2.65. The lowest BCUT2D eigenvalue weighted by Gasteiger charge is -2.14. The van der Waals surface area contributed by atoms with E-state index >= 15 is 0 Å². The molecule has 1 aliphatic heterocycles. The van der Waals surface area contributed by atoms with Crippen molar-refractivity contribution in [2.24, 2.45) is 0 Å². The number of anilines is 1. The average molecular weight is 320 g/mol. The molecule has 0 aromatic heterocycles. The van der Waals surface area contributed by atoms with Gasteiger partial charge in [0.25, 0.3) is 11.8 Å². The van der Waals surface area contributed by atoms with Crippen LogP contribution in [0.25, 0.3) is 0 Å². The van der Waals surface area contributed by atoms with Gasteiger partial charge in [0, 0.05) is 12.0 Å². The molecule has 1 N–H and O–H groups in total. The van der Waals surface area contributed by atoms with Crippen molar-refractivity contribution >= 4 is 23.3 Å². The lowest BCUT2D eigenvalue weighted by atomic mass is 10.00. The summed E-state index contributed by atoms with van der Waals surface area (Å²) in [6.07, 6.45) is 0.0289. The molecule has 2 aromatic rings. The largest absolute Gasteiger partial charge is 0.294 e. The minimum absolute atomic E-state index is 0.0289. The molecule has 120 valence electrons. The van der Waals surface area contributed by atoms with E-state index in [9.17, 15) is 14.4 Å². The summed E-state index contributed by atoms with van der Waals surface area (Å²) in [7, 11) is 0. The maximum atomic E-state index is 12.5. The second-order valence-electron chi connectivity index (χ2n) is 5.54. The number of nitrogens with zero attached hydrogens (tertiary/aromatic N) is 1. The Morgan fingerprint density at radius 2 is 1.54 bits per heavy atom. The van der Waals surface area contributed by atoms with E-state index in [0.717, 1.165) is 0 Å².